The summed E-state index contributed by atoms with van der Waals surface area (Å²) >= 11 is 11.7. The molecule has 4 nitrogen and oxygen atoms in total. The smallest absolute Gasteiger partial charge is 0.338 e. The molecule has 0 aliphatic rings. The molecule has 2 atom stereocenters. The van der Waals surface area contributed by atoms with Crippen molar-refractivity contribution in [2.24, 2.45) is 11.8 Å². The van der Waals surface area contributed by atoms with Gasteiger partial charge in [0.2, 0.25) is 0 Å². The number of amides is 1. The van der Waals surface area contributed by atoms with E-state index in [1.54, 1.807) is 48.5 Å². The first kappa shape index (κ1) is 24.2. The van der Waals surface area contributed by atoms with Crippen LogP contribution in [0.2, 0.25) is 10.0 Å². The second-order valence-corrected chi connectivity index (χ2v) is 8.93. The Morgan fingerprint density at radius 2 is 1.40 bits per heavy atom. The topological polar surface area (TPSA) is 55.4 Å². The summed E-state index contributed by atoms with van der Waals surface area (Å²) in [5.41, 5.74) is 1.08. The zero-order valence-electron chi connectivity index (χ0n) is 17.7. The van der Waals surface area contributed by atoms with Crippen molar-refractivity contribution in [2.45, 2.75) is 46.1 Å². The molecule has 2 unspecified atom stereocenters. The first-order valence-electron chi connectivity index (χ1n) is 10.2. The fraction of sp³-hybridized carbons (Fsp3) is 0.417. The molecule has 0 saturated heterocycles. The highest BCUT2D eigenvalue weighted by Crippen LogP contribution is 2.21. The molecule has 0 radical (unpaired) electrons. The molecule has 30 heavy (non-hydrogen) atoms. The second kappa shape index (κ2) is 12.0. The van der Waals surface area contributed by atoms with Crippen LogP contribution in [-0.2, 0) is 4.74 Å². The van der Waals surface area contributed by atoms with Crippen molar-refractivity contribution in [3.63, 3.8) is 0 Å². The lowest BCUT2D eigenvalue weighted by Gasteiger charge is -2.23. The van der Waals surface area contributed by atoms with Crippen molar-refractivity contribution < 1.29 is 14.3 Å². The molecular formula is C24H29Cl2NO3. The molecular weight excluding hydrogens is 421 g/mol. The Morgan fingerprint density at radius 1 is 0.867 bits per heavy atom. The number of halogens is 2. The van der Waals surface area contributed by atoms with Gasteiger partial charge in [-0.3, -0.25) is 4.79 Å². The summed E-state index contributed by atoms with van der Waals surface area (Å²) in [5, 5.41) is 4.12. The van der Waals surface area contributed by atoms with Gasteiger partial charge in [-0.05, 0) is 79.6 Å². The Balaban J connectivity index is 1.84. The molecule has 1 amide bonds. The van der Waals surface area contributed by atoms with E-state index >= 15 is 0 Å². The Morgan fingerprint density at radius 3 is 1.93 bits per heavy atom. The molecule has 0 aliphatic carbocycles. The number of benzene rings is 2. The van der Waals surface area contributed by atoms with E-state index in [0.29, 0.717) is 33.6 Å². The third kappa shape index (κ3) is 8.37. The molecule has 0 aliphatic heterocycles. The number of hydrogen-bond acceptors (Lipinski definition) is 3. The molecule has 0 fully saturated rings. The van der Waals surface area contributed by atoms with Crippen LogP contribution in [0, 0.1) is 11.8 Å². The minimum absolute atomic E-state index is 0.119. The van der Waals surface area contributed by atoms with Gasteiger partial charge >= 0.3 is 5.97 Å². The minimum Gasteiger partial charge on any atom is -0.459 e. The summed E-state index contributed by atoms with van der Waals surface area (Å²) in [7, 11) is 0. The molecule has 0 heterocycles. The van der Waals surface area contributed by atoms with Crippen LogP contribution in [0.4, 0.5) is 0 Å². The van der Waals surface area contributed by atoms with Crippen LogP contribution in [0.25, 0.3) is 0 Å². The molecule has 6 heteroatoms. The number of nitrogens with one attached hydrogen (secondary N) is 1. The summed E-state index contributed by atoms with van der Waals surface area (Å²) in [5.74, 6) is 0.245. The van der Waals surface area contributed by atoms with Crippen molar-refractivity contribution in [1.29, 1.82) is 0 Å². The maximum Gasteiger partial charge on any atom is 0.338 e. The molecule has 162 valence electrons. The number of hydrogen-bond donors (Lipinski definition) is 1. The molecule has 2 aromatic carbocycles. The fourth-order valence-electron chi connectivity index (χ4n) is 3.23. The summed E-state index contributed by atoms with van der Waals surface area (Å²) in [6, 6.07) is 13.5. The van der Waals surface area contributed by atoms with Gasteiger partial charge in [-0.15, -0.1) is 0 Å². The summed E-state index contributed by atoms with van der Waals surface area (Å²) in [4.78, 5) is 24.7. The van der Waals surface area contributed by atoms with Gasteiger partial charge in [0.15, 0.2) is 0 Å². The third-order valence-electron chi connectivity index (χ3n) is 4.78. The zero-order valence-corrected chi connectivity index (χ0v) is 19.2. The van der Waals surface area contributed by atoms with Crippen LogP contribution in [0.15, 0.2) is 48.5 Å². The number of carbonyl (C=O) groups is 2. The van der Waals surface area contributed by atoms with E-state index in [9.17, 15) is 9.59 Å². The summed E-state index contributed by atoms with van der Waals surface area (Å²) < 4.78 is 5.78. The lowest BCUT2D eigenvalue weighted by atomic mass is 9.94. The monoisotopic (exact) mass is 449 g/mol. The van der Waals surface area contributed by atoms with Crippen LogP contribution in [0.1, 0.15) is 60.7 Å². The van der Waals surface area contributed by atoms with Crippen molar-refractivity contribution in [1.82, 2.24) is 5.32 Å². The first-order valence-corrected chi connectivity index (χ1v) is 11.0. The molecule has 0 bridgehead atoms. The van der Waals surface area contributed by atoms with Gasteiger partial charge in [0.1, 0.15) is 6.10 Å². The fourth-order valence-corrected chi connectivity index (χ4v) is 3.48. The van der Waals surface area contributed by atoms with E-state index in [0.717, 1.165) is 19.3 Å². The predicted octanol–water partition coefficient (Wildman–Crippen LogP) is 6.41. The molecule has 0 spiro atoms. The lowest BCUT2D eigenvalue weighted by Crippen LogP contribution is -2.27. The standard InChI is InChI=1S/C24H29Cl2NO3/c1-16(2)14-22(30-24(29)19-6-10-21(26)11-7-19)15-17(3)12-13-27-23(28)18-4-8-20(25)9-5-18/h4-11,16-17,22H,12-15H2,1-3H3,(H,27,28). The quantitative estimate of drug-likeness (QED) is 0.426. The average Bonchev–Trinajstić information content (AvgIpc) is 2.68. The van der Waals surface area contributed by atoms with E-state index in [2.05, 4.69) is 26.1 Å². The molecule has 2 rings (SSSR count). The Hall–Kier alpha value is -2.04. The SMILES string of the molecule is CC(C)CC(CC(C)CCNC(=O)c1ccc(Cl)cc1)OC(=O)c1ccc(Cl)cc1. The van der Waals surface area contributed by atoms with Crippen LogP contribution < -0.4 is 5.32 Å². The minimum atomic E-state index is -0.333. The van der Waals surface area contributed by atoms with Crippen molar-refractivity contribution in [3.8, 4) is 0 Å². The van der Waals surface area contributed by atoms with Crippen LogP contribution in [-0.4, -0.2) is 24.5 Å². The Bertz CT molecular complexity index is 819. The zero-order chi connectivity index (χ0) is 22.1. The second-order valence-electron chi connectivity index (χ2n) is 8.06. The molecule has 0 aromatic heterocycles. The number of carbonyl (C=O) groups excluding carboxylic acids is 2. The number of rotatable bonds is 10. The lowest BCUT2D eigenvalue weighted by molar-refractivity contribution is 0.0191. The highest BCUT2D eigenvalue weighted by Gasteiger charge is 2.20. The largest absolute Gasteiger partial charge is 0.459 e. The van der Waals surface area contributed by atoms with Crippen LogP contribution in [0.3, 0.4) is 0 Å². The van der Waals surface area contributed by atoms with Gasteiger partial charge in [-0.2, -0.15) is 0 Å². The van der Waals surface area contributed by atoms with E-state index < -0.39 is 0 Å². The third-order valence-corrected chi connectivity index (χ3v) is 5.29. The number of esters is 1. The van der Waals surface area contributed by atoms with E-state index in [1.165, 1.54) is 0 Å². The predicted molar refractivity (Wildman–Crippen MR) is 122 cm³/mol. The average molecular weight is 450 g/mol. The Kier molecular flexibility index (Phi) is 9.67. The van der Waals surface area contributed by atoms with Crippen LogP contribution >= 0.6 is 23.2 Å². The van der Waals surface area contributed by atoms with E-state index in [1.807, 2.05) is 0 Å². The maximum absolute atomic E-state index is 12.5. The van der Waals surface area contributed by atoms with E-state index in [4.69, 9.17) is 27.9 Å². The summed E-state index contributed by atoms with van der Waals surface area (Å²) in [6.07, 6.45) is 2.16. The van der Waals surface area contributed by atoms with Crippen molar-refractivity contribution >= 4 is 35.1 Å². The van der Waals surface area contributed by atoms with Crippen molar-refractivity contribution in [2.75, 3.05) is 6.54 Å². The van der Waals surface area contributed by atoms with Crippen LogP contribution in [0.5, 0.6) is 0 Å². The van der Waals surface area contributed by atoms with Gasteiger partial charge in [0, 0.05) is 22.2 Å². The molecule has 1 N–H and O–H groups in total. The molecule has 2 aromatic rings. The highest BCUT2D eigenvalue weighted by atomic mass is 35.5. The van der Waals surface area contributed by atoms with Gasteiger partial charge in [0.05, 0.1) is 5.56 Å². The summed E-state index contributed by atoms with van der Waals surface area (Å²) in [6.45, 7) is 6.89. The highest BCUT2D eigenvalue weighted by molar-refractivity contribution is 6.31. The first-order chi connectivity index (χ1) is 14.2. The Labute approximate surface area is 188 Å². The number of ether oxygens (including phenoxy) is 1. The molecule has 0 saturated carbocycles. The van der Waals surface area contributed by atoms with Gasteiger partial charge in [-0.1, -0.05) is 44.0 Å². The normalized spacial score (nSPS) is 13.0. The van der Waals surface area contributed by atoms with Gasteiger partial charge in [-0.25, -0.2) is 4.79 Å². The van der Waals surface area contributed by atoms with Crippen molar-refractivity contribution in [3.05, 3.63) is 69.7 Å². The van der Waals surface area contributed by atoms with Gasteiger partial charge < -0.3 is 10.1 Å². The van der Waals surface area contributed by atoms with Gasteiger partial charge in [0.25, 0.3) is 5.91 Å². The maximum atomic E-state index is 12.5. The van der Waals surface area contributed by atoms with E-state index in [-0.39, 0.29) is 23.9 Å².